The summed E-state index contributed by atoms with van der Waals surface area (Å²) in [5, 5.41) is 11.2. The van der Waals surface area contributed by atoms with Crippen LogP contribution in [-0.2, 0) is 6.18 Å². The van der Waals surface area contributed by atoms with Crippen LogP contribution in [0.4, 0.5) is 13.2 Å². The second-order valence-electron chi connectivity index (χ2n) is 4.08. The van der Waals surface area contributed by atoms with Crippen LogP contribution < -0.4 is 5.32 Å². The minimum Gasteiger partial charge on any atom is -0.396 e. The molecule has 1 amide bonds. The van der Waals surface area contributed by atoms with Gasteiger partial charge < -0.3 is 10.4 Å². The van der Waals surface area contributed by atoms with Crippen molar-refractivity contribution in [3.63, 3.8) is 0 Å². The van der Waals surface area contributed by atoms with E-state index >= 15 is 0 Å². The Morgan fingerprint density at radius 1 is 1.47 bits per heavy atom. The molecule has 0 bridgehead atoms. The Labute approximate surface area is 116 Å². The van der Waals surface area contributed by atoms with Crippen LogP contribution in [0, 0.1) is 0 Å². The molecule has 0 saturated carbocycles. The second kappa shape index (κ2) is 6.38. The second-order valence-corrected chi connectivity index (χ2v) is 4.93. The maximum Gasteiger partial charge on any atom is 0.416 e. The fourth-order valence-corrected chi connectivity index (χ4v) is 1.87. The van der Waals surface area contributed by atoms with Gasteiger partial charge in [0.25, 0.3) is 5.91 Å². The van der Waals surface area contributed by atoms with Crippen molar-refractivity contribution in [1.29, 1.82) is 0 Å². The van der Waals surface area contributed by atoms with E-state index in [2.05, 4.69) is 21.2 Å². The zero-order valence-electron chi connectivity index (χ0n) is 10.1. The van der Waals surface area contributed by atoms with Gasteiger partial charge in [0.2, 0.25) is 0 Å². The summed E-state index contributed by atoms with van der Waals surface area (Å²) in [6, 6.07) is 2.57. The lowest BCUT2D eigenvalue weighted by molar-refractivity contribution is -0.137. The number of amides is 1. The average Bonchev–Trinajstić information content (AvgIpc) is 2.27. The number of halogens is 4. The number of nitrogens with one attached hydrogen (secondary N) is 1. The summed E-state index contributed by atoms with van der Waals surface area (Å²) in [5.74, 6) is -0.612. The van der Waals surface area contributed by atoms with Crippen molar-refractivity contribution in [2.75, 3.05) is 6.61 Å². The summed E-state index contributed by atoms with van der Waals surface area (Å²) in [5.41, 5.74) is -0.963. The van der Waals surface area contributed by atoms with Gasteiger partial charge in [-0.15, -0.1) is 0 Å². The number of aliphatic hydroxyl groups is 1. The minimum atomic E-state index is -4.49. The Balaban J connectivity index is 2.96. The summed E-state index contributed by atoms with van der Waals surface area (Å²) in [6.07, 6.45) is -4.16. The van der Waals surface area contributed by atoms with Gasteiger partial charge in [-0.2, -0.15) is 13.2 Å². The number of carbonyl (C=O) groups is 1. The van der Waals surface area contributed by atoms with E-state index in [1.165, 1.54) is 6.07 Å². The Morgan fingerprint density at radius 3 is 2.63 bits per heavy atom. The van der Waals surface area contributed by atoms with E-state index in [1.807, 2.05) is 0 Å². The van der Waals surface area contributed by atoms with Crippen LogP contribution in [0.3, 0.4) is 0 Å². The lowest BCUT2D eigenvalue weighted by atomic mass is 10.1. The first-order valence-electron chi connectivity index (χ1n) is 5.54. The molecule has 3 nitrogen and oxygen atoms in total. The standard InChI is InChI=1S/C12H13BrF3NO2/c1-7(4-5-18)17-11(19)9-6-8(12(14,15)16)2-3-10(9)13/h2-3,6-7,18H,4-5H2,1H3,(H,17,19). The molecule has 1 atom stereocenters. The van der Waals surface area contributed by atoms with Crippen LogP contribution in [0.1, 0.15) is 29.3 Å². The summed E-state index contributed by atoms with van der Waals surface area (Å²) in [4.78, 5) is 11.8. The van der Waals surface area contributed by atoms with Gasteiger partial charge in [-0.25, -0.2) is 0 Å². The Hall–Kier alpha value is -1.08. The van der Waals surface area contributed by atoms with E-state index in [-0.39, 0.29) is 22.7 Å². The molecule has 2 N–H and O–H groups in total. The number of hydrogen-bond acceptors (Lipinski definition) is 2. The van der Waals surface area contributed by atoms with Crippen molar-refractivity contribution >= 4 is 21.8 Å². The van der Waals surface area contributed by atoms with E-state index in [4.69, 9.17) is 5.11 Å². The minimum absolute atomic E-state index is 0.0837. The summed E-state index contributed by atoms with van der Waals surface area (Å²) in [7, 11) is 0. The number of rotatable bonds is 4. The maximum atomic E-state index is 12.6. The van der Waals surface area contributed by atoms with Crippen molar-refractivity contribution < 1.29 is 23.1 Å². The van der Waals surface area contributed by atoms with Crippen molar-refractivity contribution in [1.82, 2.24) is 5.32 Å². The van der Waals surface area contributed by atoms with Crippen LogP contribution in [0.15, 0.2) is 22.7 Å². The highest BCUT2D eigenvalue weighted by Gasteiger charge is 2.31. The van der Waals surface area contributed by atoms with Crippen LogP contribution >= 0.6 is 15.9 Å². The van der Waals surface area contributed by atoms with E-state index in [9.17, 15) is 18.0 Å². The van der Waals surface area contributed by atoms with E-state index in [0.29, 0.717) is 6.42 Å². The van der Waals surface area contributed by atoms with Gasteiger partial charge in [-0.05, 0) is 47.5 Å². The lowest BCUT2D eigenvalue weighted by Crippen LogP contribution is -2.33. The molecule has 0 spiro atoms. The smallest absolute Gasteiger partial charge is 0.396 e. The molecule has 1 aromatic rings. The largest absolute Gasteiger partial charge is 0.416 e. The first-order chi connectivity index (χ1) is 8.75. The maximum absolute atomic E-state index is 12.6. The third-order valence-electron chi connectivity index (χ3n) is 2.48. The molecule has 0 aliphatic carbocycles. The van der Waals surface area contributed by atoms with Crippen LogP contribution in [-0.4, -0.2) is 23.7 Å². The third kappa shape index (κ3) is 4.50. The normalized spacial score (nSPS) is 13.2. The topological polar surface area (TPSA) is 49.3 Å². The number of aliphatic hydroxyl groups excluding tert-OH is 1. The van der Waals surface area contributed by atoms with Crippen LogP contribution in [0.2, 0.25) is 0 Å². The summed E-state index contributed by atoms with van der Waals surface area (Å²) < 4.78 is 38.0. The van der Waals surface area contributed by atoms with Gasteiger partial charge in [0.15, 0.2) is 0 Å². The molecule has 0 radical (unpaired) electrons. The molecule has 0 aromatic heterocycles. The van der Waals surface area contributed by atoms with Gasteiger partial charge in [0.1, 0.15) is 0 Å². The van der Waals surface area contributed by atoms with E-state index < -0.39 is 17.6 Å². The molecule has 19 heavy (non-hydrogen) atoms. The fourth-order valence-electron chi connectivity index (χ4n) is 1.44. The predicted octanol–water partition coefficient (Wildman–Crippen LogP) is 2.97. The Morgan fingerprint density at radius 2 is 2.11 bits per heavy atom. The fraction of sp³-hybridized carbons (Fsp3) is 0.417. The first kappa shape index (κ1) is 16.0. The van der Waals surface area contributed by atoms with Gasteiger partial charge >= 0.3 is 6.18 Å². The highest BCUT2D eigenvalue weighted by atomic mass is 79.9. The summed E-state index contributed by atoms with van der Waals surface area (Å²) >= 11 is 3.05. The number of carbonyl (C=O) groups excluding carboxylic acids is 1. The van der Waals surface area contributed by atoms with Gasteiger partial charge in [0.05, 0.1) is 11.1 Å². The monoisotopic (exact) mass is 339 g/mol. The number of hydrogen-bond donors (Lipinski definition) is 2. The average molecular weight is 340 g/mol. The molecule has 1 rings (SSSR count). The number of benzene rings is 1. The zero-order valence-corrected chi connectivity index (χ0v) is 11.7. The molecule has 0 aliphatic rings. The first-order valence-corrected chi connectivity index (χ1v) is 6.33. The molecule has 0 heterocycles. The molecule has 1 aromatic carbocycles. The van der Waals surface area contributed by atoms with Crippen molar-refractivity contribution in [2.24, 2.45) is 0 Å². The predicted molar refractivity (Wildman–Crippen MR) is 67.8 cm³/mol. The molecular weight excluding hydrogens is 327 g/mol. The molecule has 0 fully saturated rings. The zero-order chi connectivity index (χ0) is 14.6. The number of alkyl halides is 3. The highest BCUT2D eigenvalue weighted by Crippen LogP contribution is 2.31. The molecule has 1 unspecified atom stereocenters. The van der Waals surface area contributed by atoms with Crippen LogP contribution in [0.5, 0.6) is 0 Å². The highest BCUT2D eigenvalue weighted by molar-refractivity contribution is 9.10. The molecule has 7 heteroatoms. The van der Waals surface area contributed by atoms with E-state index in [0.717, 1.165) is 12.1 Å². The van der Waals surface area contributed by atoms with E-state index in [1.54, 1.807) is 6.92 Å². The molecule has 0 aliphatic heterocycles. The quantitative estimate of drug-likeness (QED) is 0.885. The molecule has 0 saturated heterocycles. The van der Waals surface area contributed by atoms with Gasteiger partial charge in [-0.1, -0.05) is 0 Å². The molecular formula is C12H13BrF3NO2. The summed E-state index contributed by atoms with van der Waals surface area (Å²) in [6.45, 7) is 1.56. The van der Waals surface area contributed by atoms with Crippen molar-refractivity contribution in [2.45, 2.75) is 25.6 Å². The SMILES string of the molecule is CC(CCO)NC(=O)c1cc(C(F)(F)F)ccc1Br. The van der Waals surface area contributed by atoms with Gasteiger partial charge in [0, 0.05) is 17.1 Å². The van der Waals surface area contributed by atoms with Crippen molar-refractivity contribution in [3.8, 4) is 0 Å². The lowest BCUT2D eigenvalue weighted by Gasteiger charge is -2.14. The molecule has 106 valence electrons. The van der Waals surface area contributed by atoms with Gasteiger partial charge in [-0.3, -0.25) is 4.79 Å². The Bertz CT molecular complexity index is 463. The van der Waals surface area contributed by atoms with Crippen LogP contribution in [0.25, 0.3) is 0 Å². The third-order valence-corrected chi connectivity index (χ3v) is 3.17. The Kier molecular flexibility index (Phi) is 5.37. The van der Waals surface area contributed by atoms with Crippen molar-refractivity contribution in [3.05, 3.63) is 33.8 Å².